The molecule has 0 aromatic carbocycles. The maximum atomic E-state index is 12.0. The van der Waals surface area contributed by atoms with Gasteiger partial charge in [0.25, 0.3) is 0 Å². The van der Waals surface area contributed by atoms with Gasteiger partial charge in [-0.1, -0.05) is 46.3 Å². The molecule has 2 heterocycles. The standard InChI is InChI=1S/C31H50O4/c1-19(2)15-20-16-29(8,33)24-28(7)14-10-22-26(5)12-11-23(32)25(3,4)21(26)9-13-27(22,6)30(28)17-31(24,35-20)34-18-30/h15,20-24,32-33H,9-14,16-18H2,1-8H3/t20-,21+,22-,23+,24?,26+,27-,28-,29?,30-,31+/m1/s1. The normalized spacial score (nSPS) is 60.2. The van der Waals surface area contributed by atoms with Crippen molar-refractivity contribution in [2.75, 3.05) is 6.61 Å². The van der Waals surface area contributed by atoms with Crippen LogP contribution < -0.4 is 0 Å². The summed E-state index contributed by atoms with van der Waals surface area (Å²) >= 11 is 0. The van der Waals surface area contributed by atoms with E-state index in [1.165, 1.54) is 24.8 Å². The summed E-state index contributed by atoms with van der Waals surface area (Å²) in [4.78, 5) is 0. The van der Waals surface area contributed by atoms with Crippen molar-refractivity contribution in [2.45, 2.75) is 130 Å². The second-order valence-electron chi connectivity index (χ2n) is 15.7. The molecule has 0 aromatic rings. The van der Waals surface area contributed by atoms with Gasteiger partial charge in [0.05, 0.1) is 24.4 Å². The van der Waals surface area contributed by atoms with Crippen molar-refractivity contribution >= 4 is 0 Å². The number of hydrogen-bond donors (Lipinski definition) is 2. The molecule has 35 heavy (non-hydrogen) atoms. The molecule has 2 unspecified atom stereocenters. The molecule has 2 aliphatic heterocycles. The van der Waals surface area contributed by atoms with E-state index in [0.717, 1.165) is 32.3 Å². The van der Waals surface area contributed by atoms with Crippen LogP contribution in [0, 0.1) is 44.8 Å². The van der Waals surface area contributed by atoms with E-state index in [-0.39, 0.29) is 45.2 Å². The minimum absolute atomic E-state index is 0.00282. The summed E-state index contributed by atoms with van der Waals surface area (Å²) in [5, 5.41) is 23.0. The van der Waals surface area contributed by atoms with Crippen molar-refractivity contribution in [1.82, 2.24) is 0 Å². The SMILES string of the molecule is CC(C)=C[C@@H]1CC(C)(O)C2[C@]3(C[C@]4(CO3)[C@]2(C)CC[C@@H]2[C@@]3(C)CC[C@H](O)C(C)(C)[C@@H]3CC[C@]24C)O1. The zero-order chi connectivity index (χ0) is 25.4. The minimum atomic E-state index is -0.812. The molecule has 11 atom stereocenters. The van der Waals surface area contributed by atoms with Gasteiger partial charge in [-0.25, -0.2) is 0 Å². The van der Waals surface area contributed by atoms with Gasteiger partial charge in [0.2, 0.25) is 0 Å². The second-order valence-corrected chi connectivity index (χ2v) is 15.7. The summed E-state index contributed by atoms with van der Waals surface area (Å²) in [6.07, 6.45) is 10.2. The third-order valence-corrected chi connectivity index (χ3v) is 13.5. The fourth-order valence-electron chi connectivity index (χ4n) is 12.3. The first-order valence-electron chi connectivity index (χ1n) is 14.5. The Bertz CT molecular complexity index is 950. The lowest BCUT2D eigenvalue weighted by Crippen LogP contribution is -2.70. The number of ether oxygens (including phenoxy) is 2. The van der Waals surface area contributed by atoms with E-state index in [0.29, 0.717) is 18.3 Å². The maximum Gasteiger partial charge on any atom is 0.175 e. The molecule has 6 aliphatic rings. The second kappa shape index (κ2) is 6.96. The molecule has 6 rings (SSSR count). The molecule has 6 fully saturated rings. The molecule has 2 saturated heterocycles. The van der Waals surface area contributed by atoms with Crippen LogP contribution in [0.1, 0.15) is 107 Å². The summed E-state index contributed by atoms with van der Waals surface area (Å²) in [6.45, 7) is 19.3. The number of rotatable bonds is 1. The highest BCUT2D eigenvalue weighted by atomic mass is 16.7. The highest BCUT2D eigenvalue weighted by Gasteiger charge is 2.84. The topological polar surface area (TPSA) is 58.9 Å². The highest BCUT2D eigenvalue weighted by Crippen LogP contribution is 2.84. The number of aliphatic hydroxyl groups is 2. The van der Waals surface area contributed by atoms with Gasteiger partial charge >= 0.3 is 0 Å². The fraction of sp³-hybridized carbons (Fsp3) is 0.935. The summed E-state index contributed by atoms with van der Waals surface area (Å²) in [5.74, 6) is 0.501. The molecule has 2 N–H and O–H groups in total. The van der Waals surface area contributed by atoms with Crippen molar-refractivity contribution in [3.8, 4) is 0 Å². The summed E-state index contributed by atoms with van der Waals surface area (Å²) in [7, 11) is 0. The molecule has 0 amide bonds. The number of fused-ring (bicyclic) bond motifs is 4. The van der Waals surface area contributed by atoms with Crippen LogP contribution >= 0.6 is 0 Å². The Morgan fingerprint density at radius 1 is 0.886 bits per heavy atom. The first kappa shape index (κ1) is 24.9. The molecule has 2 spiro atoms. The summed E-state index contributed by atoms with van der Waals surface area (Å²) in [5.41, 5.74) is 0.796. The molecule has 4 aliphatic carbocycles. The van der Waals surface area contributed by atoms with Crippen molar-refractivity contribution in [3.05, 3.63) is 11.6 Å². The van der Waals surface area contributed by atoms with Crippen LogP contribution in [0.5, 0.6) is 0 Å². The first-order chi connectivity index (χ1) is 16.1. The Kier molecular flexibility index (Phi) is 4.95. The van der Waals surface area contributed by atoms with E-state index in [4.69, 9.17) is 9.47 Å². The molecule has 4 nitrogen and oxygen atoms in total. The van der Waals surface area contributed by atoms with E-state index in [9.17, 15) is 10.2 Å². The van der Waals surface area contributed by atoms with Gasteiger partial charge in [-0.2, -0.15) is 0 Å². The van der Waals surface area contributed by atoms with E-state index in [2.05, 4.69) is 61.5 Å². The van der Waals surface area contributed by atoms with Crippen LogP contribution in [-0.2, 0) is 9.47 Å². The van der Waals surface area contributed by atoms with Crippen LogP contribution in [0.25, 0.3) is 0 Å². The van der Waals surface area contributed by atoms with Crippen molar-refractivity contribution in [2.24, 2.45) is 44.8 Å². The van der Waals surface area contributed by atoms with Gasteiger partial charge < -0.3 is 19.7 Å². The van der Waals surface area contributed by atoms with Gasteiger partial charge in [-0.3, -0.25) is 0 Å². The zero-order valence-electron chi connectivity index (χ0n) is 23.5. The Labute approximate surface area is 213 Å². The Hall–Kier alpha value is -0.420. The summed E-state index contributed by atoms with van der Waals surface area (Å²) < 4.78 is 13.7. The van der Waals surface area contributed by atoms with E-state index in [1.807, 2.05) is 0 Å². The van der Waals surface area contributed by atoms with Gasteiger partial charge in [0.1, 0.15) is 0 Å². The molecular formula is C31H50O4. The predicted molar refractivity (Wildman–Crippen MR) is 138 cm³/mol. The summed E-state index contributed by atoms with van der Waals surface area (Å²) in [6, 6.07) is 0. The quantitative estimate of drug-likeness (QED) is 0.430. The van der Waals surface area contributed by atoms with Crippen molar-refractivity contribution < 1.29 is 19.7 Å². The molecule has 2 bridgehead atoms. The Morgan fingerprint density at radius 2 is 1.54 bits per heavy atom. The number of allylic oxidation sites excluding steroid dienone is 1. The van der Waals surface area contributed by atoms with E-state index < -0.39 is 11.4 Å². The van der Waals surface area contributed by atoms with Crippen molar-refractivity contribution in [3.63, 3.8) is 0 Å². The van der Waals surface area contributed by atoms with Crippen LogP contribution in [0.4, 0.5) is 0 Å². The molecule has 4 heteroatoms. The van der Waals surface area contributed by atoms with Crippen LogP contribution in [0.2, 0.25) is 0 Å². The average Bonchev–Trinajstić information content (AvgIpc) is 3.20. The minimum Gasteiger partial charge on any atom is -0.393 e. The third-order valence-electron chi connectivity index (χ3n) is 13.5. The van der Waals surface area contributed by atoms with Crippen LogP contribution in [0.15, 0.2) is 11.6 Å². The predicted octanol–water partition coefficient (Wildman–Crippen LogP) is 6.25. The van der Waals surface area contributed by atoms with Crippen LogP contribution in [0.3, 0.4) is 0 Å². The van der Waals surface area contributed by atoms with Gasteiger partial charge in [-0.15, -0.1) is 0 Å². The number of aliphatic hydroxyl groups excluding tert-OH is 1. The van der Waals surface area contributed by atoms with Gasteiger partial charge in [-0.05, 0) is 92.8 Å². The lowest BCUT2D eigenvalue weighted by Gasteiger charge is -2.72. The molecule has 198 valence electrons. The number of hydrogen-bond acceptors (Lipinski definition) is 4. The molecule has 0 radical (unpaired) electrons. The Morgan fingerprint density at radius 3 is 2.23 bits per heavy atom. The first-order valence-corrected chi connectivity index (χ1v) is 14.5. The van der Waals surface area contributed by atoms with Crippen molar-refractivity contribution in [1.29, 1.82) is 0 Å². The molecule has 0 aromatic heterocycles. The molecule has 4 saturated carbocycles. The Balaban J connectivity index is 1.44. The largest absolute Gasteiger partial charge is 0.393 e. The van der Waals surface area contributed by atoms with Gasteiger partial charge in [0.15, 0.2) is 5.79 Å². The lowest BCUT2D eigenvalue weighted by atomic mass is 9.33. The third kappa shape index (κ3) is 2.74. The van der Waals surface area contributed by atoms with Crippen LogP contribution in [-0.4, -0.2) is 40.4 Å². The maximum absolute atomic E-state index is 12.0. The monoisotopic (exact) mass is 486 g/mol. The zero-order valence-corrected chi connectivity index (χ0v) is 23.5. The highest BCUT2D eigenvalue weighted by molar-refractivity contribution is 5.30. The fourth-order valence-corrected chi connectivity index (χ4v) is 12.3. The average molecular weight is 487 g/mol. The van der Waals surface area contributed by atoms with E-state index >= 15 is 0 Å². The lowest BCUT2D eigenvalue weighted by molar-refractivity contribution is -0.358. The smallest absolute Gasteiger partial charge is 0.175 e. The molecular weight excluding hydrogens is 436 g/mol. The van der Waals surface area contributed by atoms with Gasteiger partial charge in [0, 0.05) is 24.2 Å². The van der Waals surface area contributed by atoms with E-state index in [1.54, 1.807) is 0 Å².